The Bertz CT molecular complexity index is 1180. The summed E-state index contributed by atoms with van der Waals surface area (Å²) >= 11 is 6.31. The van der Waals surface area contributed by atoms with E-state index in [0.29, 0.717) is 22.9 Å². The molecule has 0 amide bonds. The summed E-state index contributed by atoms with van der Waals surface area (Å²) in [7, 11) is 3.32. The first kappa shape index (κ1) is 31.2. The number of carbonyl (C=O) groups is 1. The Morgan fingerprint density at radius 1 is 1.02 bits per heavy atom. The minimum absolute atomic E-state index is 0.0175. The van der Waals surface area contributed by atoms with Crippen molar-refractivity contribution < 1.29 is 18.7 Å². The van der Waals surface area contributed by atoms with Crippen molar-refractivity contribution in [2.24, 2.45) is 0 Å². The fraction of sp³-hybridized carbons (Fsp3) is 0.618. The lowest BCUT2D eigenvalue weighted by Gasteiger charge is -2.42. The van der Waals surface area contributed by atoms with Crippen LogP contribution in [-0.2, 0) is 16.6 Å². The number of halogens is 2. The summed E-state index contributed by atoms with van der Waals surface area (Å²) in [4.78, 5) is 19.1. The van der Waals surface area contributed by atoms with Gasteiger partial charge in [0.1, 0.15) is 5.82 Å². The van der Waals surface area contributed by atoms with Crippen molar-refractivity contribution in [2.75, 3.05) is 53.5 Å². The number of hydrogen-bond donors (Lipinski definition) is 1. The van der Waals surface area contributed by atoms with Crippen molar-refractivity contribution >= 4 is 17.4 Å². The third-order valence-electron chi connectivity index (χ3n) is 9.99. The van der Waals surface area contributed by atoms with E-state index in [-0.39, 0.29) is 29.2 Å². The molecular formula is C34H47ClFN3O3. The second-order valence-electron chi connectivity index (χ2n) is 12.4. The molecule has 230 valence electrons. The second kappa shape index (κ2) is 14.5. The topological polar surface area (TPSA) is 54.0 Å². The van der Waals surface area contributed by atoms with Crippen molar-refractivity contribution in [1.82, 2.24) is 15.1 Å². The highest BCUT2D eigenvalue weighted by atomic mass is 35.5. The molecule has 1 N–H and O–H groups in total. The number of methoxy groups -OCH3 is 2. The largest absolute Gasteiger partial charge is 0.493 e. The molecule has 42 heavy (non-hydrogen) atoms. The van der Waals surface area contributed by atoms with Gasteiger partial charge in [-0.25, -0.2) is 4.39 Å². The standard InChI is InChI=1S/C34H47ClFN3O3/c1-41-32-11-10-25(22-33(32)42-2)34(15-21-38-19-12-26(13-20-38)39-17-4-3-5-18-39)14-7-16-37-30(24-34)31(40)23-27-28(35)8-6-9-29(27)36/h6,8-11,22,26,30,37H,3-5,7,12-21,23-24H2,1-2H3. The first-order valence-electron chi connectivity index (χ1n) is 15.8. The highest BCUT2D eigenvalue weighted by Gasteiger charge is 2.40. The molecule has 0 bridgehead atoms. The van der Waals surface area contributed by atoms with Gasteiger partial charge in [-0.1, -0.05) is 30.2 Å². The van der Waals surface area contributed by atoms with Gasteiger partial charge in [-0.05, 0) is 126 Å². The van der Waals surface area contributed by atoms with Gasteiger partial charge in [0, 0.05) is 23.0 Å². The molecule has 6 nitrogen and oxygen atoms in total. The van der Waals surface area contributed by atoms with Gasteiger partial charge in [-0.15, -0.1) is 0 Å². The van der Waals surface area contributed by atoms with Crippen LogP contribution in [0.5, 0.6) is 11.5 Å². The van der Waals surface area contributed by atoms with Gasteiger partial charge in [0.2, 0.25) is 0 Å². The monoisotopic (exact) mass is 599 g/mol. The van der Waals surface area contributed by atoms with E-state index in [0.717, 1.165) is 51.5 Å². The highest BCUT2D eigenvalue weighted by Crippen LogP contribution is 2.43. The number of ketones is 1. The SMILES string of the molecule is COc1ccc(C2(CCN3CCC(N4CCCCC4)CC3)CCCNC(C(=O)Cc3c(F)cccc3Cl)C2)cc1OC. The number of hydrogen-bond acceptors (Lipinski definition) is 6. The number of Topliss-reactive ketones (excluding diaryl/α,β-unsaturated/α-hetero) is 1. The second-order valence-corrected chi connectivity index (χ2v) is 12.8. The summed E-state index contributed by atoms with van der Waals surface area (Å²) in [5.74, 6) is 0.958. The van der Waals surface area contributed by atoms with Crippen LogP contribution < -0.4 is 14.8 Å². The molecule has 0 aromatic heterocycles. The molecule has 3 aliphatic heterocycles. The lowest BCUT2D eigenvalue weighted by atomic mass is 9.69. The zero-order valence-electron chi connectivity index (χ0n) is 25.3. The van der Waals surface area contributed by atoms with Crippen LogP contribution in [0.3, 0.4) is 0 Å². The predicted octanol–water partition coefficient (Wildman–Crippen LogP) is 6.03. The Labute approximate surface area is 255 Å². The van der Waals surface area contributed by atoms with Gasteiger partial charge in [0.05, 0.1) is 20.3 Å². The summed E-state index contributed by atoms with van der Waals surface area (Å²) in [6.07, 6.45) is 10.0. The Morgan fingerprint density at radius 2 is 1.79 bits per heavy atom. The smallest absolute Gasteiger partial charge is 0.161 e. The number of benzene rings is 2. The molecule has 3 fully saturated rings. The van der Waals surface area contributed by atoms with Crippen LogP contribution in [0.25, 0.3) is 0 Å². The van der Waals surface area contributed by atoms with E-state index in [1.54, 1.807) is 26.4 Å². The molecule has 8 heteroatoms. The van der Waals surface area contributed by atoms with Crippen molar-refractivity contribution in [3.8, 4) is 11.5 Å². The van der Waals surface area contributed by atoms with E-state index in [4.69, 9.17) is 21.1 Å². The van der Waals surface area contributed by atoms with Crippen molar-refractivity contribution in [1.29, 1.82) is 0 Å². The Balaban J connectivity index is 1.35. The summed E-state index contributed by atoms with van der Waals surface area (Å²) in [6.45, 7) is 6.49. The summed E-state index contributed by atoms with van der Waals surface area (Å²) in [5, 5.41) is 3.81. The fourth-order valence-corrected chi connectivity index (χ4v) is 7.69. The average Bonchev–Trinajstić information content (AvgIpc) is 3.26. The normalized spacial score (nSPS) is 24.7. The molecule has 2 aromatic carbocycles. The van der Waals surface area contributed by atoms with Crippen LogP contribution >= 0.6 is 11.6 Å². The van der Waals surface area contributed by atoms with E-state index in [9.17, 15) is 9.18 Å². The van der Waals surface area contributed by atoms with E-state index < -0.39 is 5.82 Å². The molecule has 0 spiro atoms. The molecule has 0 aliphatic carbocycles. The van der Waals surface area contributed by atoms with Gasteiger partial charge < -0.3 is 24.6 Å². The van der Waals surface area contributed by atoms with E-state index in [2.05, 4.69) is 27.2 Å². The molecule has 0 saturated carbocycles. The molecule has 5 rings (SSSR count). The van der Waals surface area contributed by atoms with Crippen LogP contribution in [0.2, 0.25) is 5.02 Å². The number of ether oxygens (including phenoxy) is 2. The first-order valence-corrected chi connectivity index (χ1v) is 16.2. The van der Waals surface area contributed by atoms with Crippen molar-refractivity contribution in [3.05, 3.63) is 58.4 Å². The molecule has 0 radical (unpaired) electrons. The predicted molar refractivity (Wildman–Crippen MR) is 166 cm³/mol. The fourth-order valence-electron chi connectivity index (χ4n) is 7.46. The molecule has 2 aromatic rings. The zero-order valence-corrected chi connectivity index (χ0v) is 26.1. The van der Waals surface area contributed by atoms with Gasteiger partial charge >= 0.3 is 0 Å². The quantitative estimate of drug-likeness (QED) is 0.360. The maximum Gasteiger partial charge on any atom is 0.161 e. The van der Waals surface area contributed by atoms with E-state index >= 15 is 0 Å². The minimum atomic E-state index is -0.427. The van der Waals surface area contributed by atoms with Crippen LogP contribution in [0.4, 0.5) is 4.39 Å². The number of piperidine rings is 2. The lowest BCUT2D eigenvalue weighted by Crippen LogP contribution is -2.48. The van der Waals surface area contributed by atoms with Crippen molar-refractivity contribution in [3.63, 3.8) is 0 Å². The summed E-state index contributed by atoms with van der Waals surface area (Å²) in [5.41, 5.74) is 1.23. The lowest BCUT2D eigenvalue weighted by molar-refractivity contribution is -0.120. The number of carbonyl (C=O) groups excluding carboxylic acids is 1. The Hall–Kier alpha value is -2.19. The van der Waals surface area contributed by atoms with E-state index in [1.807, 2.05) is 6.07 Å². The first-order chi connectivity index (χ1) is 20.4. The minimum Gasteiger partial charge on any atom is -0.493 e. The van der Waals surface area contributed by atoms with Gasteiger partial charge in [0.15, 0.2) is 17.3 Å². The third-order valence-corrected chi connectivity index (χ3v) is 10.3. The highest BCUT2D eigenvalue weighted by molar-refractivity contribution is 6.31. The van der Waals surface area contributed by atoms with Crippen LogP contribution in [0.15, 0.2) is 36.4 Å². The van der Waals surface area contributed by atoms with Crippen LogP contribution in [-0.4, -0.2) is 81.2 Å². The van der Waals surface area contributed by atoms with E-state index in [1.165, 1.54) is 56.8 Å². The maximum atomic E-state index is 14.6. The molecule has 3 saturated heterocycles. The molecule has 3 heterocycles. The number of likely N-dealkylation sites (tertiary alicyclic amines) is 2. The molecule has 2 atom stereocenters. The zero-order chi connectivity index (χ0) is 29.5. The molecule has 3 aliphatic rings. The number of nitrogens with zero attached hydrogens (tertiary/aromatic N) is 2. The molecule has 2 unspecified atom stereocenters. The summed E-state index contributed by atoms with van der Waals surface area (Å²) in [6, 6.07) is 11.2. The van der Waals surface area contributed by atoms with Crippen molar-refractivity contribution in [2.45, 2.75) is 81.7 Å². The maximum absolute atomic E-state index is 14.6. The average molecular weight is 600 g/mol. The Kier molecular flexibility index (Phi) is 10.8. The van der Waals surface area contributed by atoms with Gasteiger partial charge in [-0.3, -0.25) is 4.79 Å². The Morgan fingerprint density at radius 3 is 2.50 bits per heavy atom. The van der Waals surface area contributed by atoms with Gasteiger partial charge in [-0.2, -0.15) is 0 Å². The van der Waals surface area contributed by atoms with Crippen LogP contribution in [0, 0.1) is 5.82 Å². The van der Waals surface area contributed by atoms with Crippen LogP contribution in [0.1, 0.15) is 68.9 Å². The number of nitrogens with one attached hydrogen (secondary N) is 1. The van der Waals surface area contributed by atoms with Gasteiger partial charge in [0.25, 0.3) is 0 Å². The summed E-state index contributed by atoms with van der Waals surface area (Å²) < 4.78 is 25.9. The third kappa shape index (κ3) is 7.29. The number of rotatable bonds is 10. The molecular weight excluding hydrogens is 553 g/mol.